The molecule has 0 amide bonds. The molecule has 0 unspecified atom stereocenters. The number of ether oxygens (including phenoxy) is 1. The summed E-state index contributed by atoms with van der Waals surface area (Å²) < 4.78 is 6.84. The van der Waals surface area contributed by atoms with Gasteiger partial charge in [-0.25, -0.2) is 0 Å². The minimum absolute atomic E-state index is 0.0199. The average molecular weight is 441 g/mol. The summed E-state index contributed by atoms with van der Waals surface area (Å²) in [5.41, 5.74) is 5.91. The van der Waals surface area contributed by atoms with Crippen molar-refractivity contribution in [3.63, 3.8) is 0 Å². The molecule has 1 N–H and O–H groups in total. The van der Waals surface area contributed by atoms with Crippen molar-refractivity contribution in [2.24, 2.45) is 39.4 Å². The molecule has 1 aliphatic heterocycles. The van der Waals surface area contributed by atoms with E-state index in [1.807, 2.05) is 5.57 Å². The number of allylic oxidation sites excluding steroid dienone is 3. The zero-order chi connectivity index (χ0) is 23.3. The van der Waals surface area contributed by atoms with Gasteiger partial charge in [0.25, 0.3) is 0 Å². The van der Waals surface area contributed by atoms with Gasteiger partial charge in [-0.05, 0) is 105 Å². The predicted octanol–water partition coefficient (Wildman–Crippen LogP) is 7.47. The number of fused-ring (bicyclic) bond motifs is 6. The lowest BCUT2D eigenvalue weighted by Crippen LogP contribution is -2.55. The molecular weight excluding hydrogens is 392 g/mol. The van der Waals surface area contributed by atoms with Crippen molar-refractivity contribution in [1.82, 2.24) is 0 Å². The predicted molar refractivity (Wildman–Crippen MR) is 132 cm³/mol. The van der Waals surface area contributed by atoms with E-state index in [0.29, 0.717) is 29.5 Å². The van der Waals surface area contributed by atoms with E-state index < -0.39 is 0 Å². The molecule has 5 aliphatic rings. The Hall–Kier alpha value is -0.600. The first-order valence-electron chi connectivity index (χ1n) is 13.6. The molecule has 3 fully saturated rings. The van der Waals surface area contributed by atoms with E-state index in [-0.39, 0.29) is 22.3 Å². The Labute approximate surface area is 197 Å². The first-order valence-corrected chi connectivity index (χ1v) is 13.6. The monoisotopic (exact) mass is 440 g/mol. The third-order valence-corrected chi connectivity index (χ3v) is 11.9. The van der Waals surface area contributed by atoms with Gasteiger partial charge in [0.15, 0.2) is 0 Å². The number of rotatable bonds is 1. The highest BCUT2D eigenvalue weighted by Gasteiger charge is 2.67. The maximum absolute atomic E-state index is 10.8. The lowest BCUT2D eigenvalue weighted by atomic mass is 9.43. The molecule has 2 saturated carbocycles. The number of aliphatic hydroxyl groups excluding tert-OH is 1. The first-order chi connectivity index (χ1) is 14.8. The third kappa shape index (κ3) is 2.90. The minimum Gasteiger partial charge on any atom is -0.393 e. The summed E-state index contributed by atoms with van der Waals surface area (Å²) in [5, 5.41) is 10.8. The molecule has 4 aliphatic carbocycles. The largest absolute Gasteiger partial charge is 0.393 e. The molecule has 0 bridgehead atoms. The Kier molecular flexibility index (Phi) is 5.21. The second-order valence-electron chi connectivity index (χ2n) is 14.0. The van der Waals surface area contributed by atoms with E-state index in [1.165, 1.54) is 44.1 Å². The van der Waals surface area contributed by atoms with E-state index in [0.717, 1.165) is 18.8 Å². The quantitative estimate of drug-likeness (QED) is 0.429. The van der Waals surface area contributed by atoms with Crippen molar-refractivity contribution in [2.45, 2.75) is 125 Å². The van der Waals surface area contributed by atoms with E-state index in [2.05, 4.69) is 61.5 Å². The Morgan fingerprint density at radius 3 is 2.41 bits per heavy atom. The van der Waals surface area contributed by atoms with Crippen LogP contribution in [0.15, 0.2) is 22.8 Å². The fourth-order valence-corrected chi connectivity index (χ4v) is 10.2. The van der Waals surface area contributed by atoms with Gasteiger partial charge < -0.3 is 9.84 Å². The van der Waals surface area contributed by atoms with Gasteiger partial charge in [0, 0.05) is 0 Å². The van der Waals surface area contributed by atoms with Crippen molar-refractivity contribution in [3.8, 4) is 0 Å². The van der Waals surface area contributed by atoms with Gasteiger partial charge in [-0.15, -0.1) is 0 Å². The van der Waals surface area contributed by atoms with Crippen molar-refractivity contribution in [3.05, 3.63) is 22.8 Å². The van der Waals surface area contributed by atoms with Crippen molar-refractivity contribution in [1.29, 1.82) is 0 Å². The topological polar surface area (TPSA) is 29.5 Å². The van der Waals surface area contributed by atoms with Crippen LogP contribution in [0, 0.1) is 39.4 Å². The van der Waals surface area contributed by atoms with Crippen LogP contribution in [0.2, 0.25) is 0 Å². The molecule has 0 aromatic carbocycles. The average Bonchev–Trinajstić information content (AvgIpc) is 2.92. The van der Waals surface area contributed by atoms with Gasteiger partial charge in [-0.2, -0.15) is 0 Å². The summed E-state index contributed by atoms with van der Waals surface area (Å²) in [7, 11) is 0. The SMILES string of the molecule is CC(C)=C[C@H]1C[C@@H](C)[C@H]2[C@@H](C[C@@]3(C)C4=C(CC[C@]23C)[C@@]2(C)CC[C@H](O)C(C)(C)[C@@H]2CC4)O1. The highest BCUT2D eigenvalue weighted by atomic mass is 16.5. The van der Waals surface area contributed by atoms with Crippen LogP contribution in [0.5, 0.6) is 0 Å². The summed E-state index contributed by atoms with van der Waals surface area (Å²) in [5.74, 6) is 2.00. The van der Waals surface area contributed by atoms with Crippen LogP contribution in [-0.4, -0.2) is 23.4 Å². The highest BCUT2D eigenvalue weighted by molar-refractivity contribution is 5.39. The third-order valence-electron chi connectivity index (χ3n) is 11.9. The lowest BCUT2D eigenvalue weighted by molar-refractivity contribution is -0.106. The molecule has 0 aromatic rings. The minimum atomic E-state index is -0.150. The molecule has 0 spiro atoms. The second-order valence-corrected chi connectivity index (χ2v) is 14.0. The molecule has 2 nitrogen and oxygen atoms in total. The Balaban J connectivity index is 1.54. The molecule has 180 valence electrons. The van der Waals surface area contributed by atoms with Gasteiger partial charge in [0.05, 0.1) is 18.3 Å². The molecule has 2 heteroatoms. The van der Waals surface area contributed by atoms with Crippen molar-refractivity contribution >= 4 is 0 Å². The summed E-state index contributed by atoms with van der Waals surface area (Å²) in [6.07, 6.45) is 12.5. The van der Waals surface area contributed by atoms with Gasteiger partial charge in [-0.1, -0.05) is 64.3 Å². The maximum atomic E-state index is 10.8. The van der Waals surface area contributed by atoms with Crippen LogP contribution in [0.3, 0.4) is 0 Å². The van der Waals surface area contributed by atoms with E-state index in [1.54, 1.807) is 5.57 Å². The van der Waals surface area contributed by atoms with E-state index in [4.69, 9.17) is 4.74 Å². The van der Waals surface area contributed by atoms with Crippen LogP contribution in [0.4, 0.5) is 0 Å². The van der Waals surface area contributed by atoms with Gasteiger partial charge in [0.1, 0.15) is 0 Å². The van der Waals surface area contributed by atoms with Crippen LogP contribution in [0.25, 0.3) is 0 Å². The number of hydrogen-bond acceptors (Lipinski definition) is 2. The molecule has 0 radical (unpaired) electrons. The summed E-state index contributed by atoms with van der Waals surface area (Å²) in [6.45, 7) is 19.4. The molecule has 0 aromatic heterocycles. The Morgan fingerprint density at radius 2 is 1.72 bits per heavy atom. The Morgan fingerprint density at radius 1 is 1.00 bits per heavy atom. The molecular formula is C30H48O2. The molecule has 1 saturated heterocycles. The van der Waals surface area contributed by atoms with Gasteiger partial charge >= 0.3 is 0 Å². The zero-order valence-electron chi connectivity index (χ0n) is 22.1. The lowest BCUT2D eigenvalue weighted by Gasteiger charge is -2.62. The van der Waals surface area contributed by atoms with Gasteiger partial charge in [-0.3, -0.25) is 0 Å². The maximum Gasteiger partial charge on any atom is 0.0764 e. The van der Waals surface area contributed by atoms with Crippen LogP contribution >= 0.6 is 0 Å². The standard InChI is InChI=1S/C30H48O2/c1-18(2)15-20-16-19(3)26-23(32-20)17-30(8)22-9-10-24-27(4,5)25(31)12-13-28(24,6)21(22)11-14-29(26,30)7/h15,19-20,23-26,31H,9-14,16-17H2,1-8H3/t19-,20+,23-,24+,25+,26+,28-,29-,30+/m1/s1. The normalized spacial score (nSPS) is 51.9. The van der Waals surface area contributed by atoms with Crippen LogP contribution < -0.4 is 0 Å². The summed E-state index contributed by atoms with van der Waals surface area (Å²) >= 11 is 0. The van der Waals surface area contributed by atoms with E-state index in [9.17, 15) is 5.11 Å². The van der Waals surface area contributed by atoms with Crippen LogP contribution in [0.1, 0.15) is 107 Å². The molecule has 1 heterocycles. The second kappa shape index (κ2) is 7.20. The highest BCUT2D eigenvalue weighted by Crippen LogP contribution is 2.73. The molecule has 9 atom stereocenters. The van der Waals surface area contributed by atoms with Crippen molar-refractivity contribution < 1.29 is 9.84 Å². The van der Waals surface area contributed by atoms with Crippen molar-refractivity contribution in [2.75, 3.05) is 0 Å². The first kappa shape index (κ1) is 23.2. The molecule has 32 heavy (non-hydrogen) atoms. The van der Waals surface area contributed by atoms with Crippen LogP contribution in [-0.2, 0) is 4.74 Å². The van der Waals surface area contributed by atoms with Gasteiger partial charge in [0.2, 0.25) is 0 Å². The Bertz CT molecular complexity index is 847. The fourth-order valence-electron chi connectivity index (χ4n) is 10.2. The fraction of sp³-hybridized carbons (Fsp3) is 0.867. The molecule has 5 rings (SSSR count). The number of aliphatic hydroxyl groups is 1. The summed E-state index contributed by atoms with van der Waals surface area (Å²) in [4.78, 5) is 0. The smallest absolute Gasteiger partial charge is 0.0764 e. The van der Waals surface area contributed by atoms with E-state index >= 15 is 0 Å². The summed E-state index contributed by atoms with van der Waals surface area (Å²) in [6, 6.07) is 0. The zero-order valence-corrected chi connectivity index (χ0v) is 22.1. The number of hydrogen-bond donors (Lipinski definition) is 1.